The predicted molar refractivity (Wildman–Crippen MR) is 53.8 cm³/mol. The van der Waals surface area contributed by atoms with Gasteiger partial charge in [-0.2, -0.15) is 0 Å². The van der Waals surface area contributed by atoms with Crippen molar-refractivity contribution < 1.29 is 55.5 Å². The summed E-state index contributed by atoms with van der Waals surface area (Å²) in [5.41, 5.74) is 0. The van der Waals surface area contributed by atoms with E-state index in [0.717, 1.165) is 0 Å². The zero-order valence-electron chi connectivity index (χ0n) is 9.77. The molecule has 0 atom stereocenters. The molecular weight excluding hydrogens is 249 g/mol. The molecule has 0 aromatic carbocycles. The Morgan fingerprint density at radius 3 is 0.750 bits per heavy atom. The Labute approximate surface area is 113 Å². The number of carboxylic acid groups (broad SMARTS) is 3. The minimum Gasteiger partial charge on any atom is -0.481 e. The SMILES string of the molecule is CCC(=O)O.CCC(=O)O.CCC(=O)O.[Sc]. The Hall–Kier alpha value is -0.720. The van der Waals surface area contributed by atoms with E-state index in [0.29, 0.717) is 0 Å². The average molecular weight is 267 g/mol. The summed E-state index contributed by atoms with van der Waals surface area (Å²) in [4.78, 5) is 28.1. The van der Waals surface area contributed by atoms with Crippen LogP contribution in [0.1, 0.15) is 40.0 Å². The molecule has 0 aliphatic heterocycles. The van der Waals surface area contributed by atoms with Gasteiger partial charge in [-0.3, -0.25) is 14.4 Å². The van der Waals surface area contributed by atoms with Crippen LogP contribution in [0, 0.1) is 0 Å². The van der Waals surface area contributed by atoms with Gasteiger partial charge in [-0.1, -0.05) is 20.8 Å². The third-order valence-corrected chi connectivity index (χ3v) is 0.907. The van der Waals surface area contributed by atoms with Crippen LogP contribution in [0.15, 0.2) is 0 Å². The Bertz CT molecular complexity index is 159. The molecule has 0 heterocycles. The first kappa shape index (κ1) is 24.5. The number of hydrogen-bond donors (Lipinski definition) is 3. The third-order valence-electron chi connectivity index (χ3n) is 0.907. The van der Waals surface area contributed by atoms with Crippen LogP contribution in [0.4, 0.5) is 0 Å². The molecule has 0 unspecified atom stereocenters. The van der Waals surface area contributed by atoms with Gasteiger partial charge in [0, 0.05) is 45.1 Å². The van der Waals surface area contributed by atoms with E-state index in [1.54, 1.807) is 20.8 Å². The molecule has 0 fully saturated rings. The first-order valence-corrected chi connectivity index (χ1v) is 4.47. The summed E-state index contributed by atoms with van der Waals surface area (Å²) >= 11 is 0. The van der Waals surface area contributed by atoms with E-state index in [2.05, 4.69) is 0 Å². The normalized spacial score (nSPS) is 6.94. The minimum absolute atomic E-state index is 0. The molecule has 1 radical (unpaired) electrons. The number of carboxylic acids is 3. The second-order valence-electron chi connectivity index (χ2n) is 2.24. The van der Waals surface area contributed by atoms with Crippen molar-refractivity contribution in [2.45, 2.75) is 40.0 Å². The number of carbonyl (C=O) groups is 3. The quantitative estimate of drug-likeness (QED) is 0.713. The molecule has 0 saturated carbocycles. The zero-order chi connectivity index (χ0) is 12.9. The van der Waals surface area contributed by atoms with Crippen molar-refractivity contribution in [1.29, 1.82) is 0 Å². The summed E-state index contributed by atoms with van der Waals surface area (Å²) in [6.07, 6.45) is 0.667. The first-order chi connectivity index (χ1) is 6.81. The van der Waals surface area contributed by atoms with Crippen LogP contribution < -0.4 is 0 Å². The van der Waals surface area contributed by atoms with Gasteiger partial charge in [-0.15, -0.1) is 0 Å². The molecule has 0 bridgehead atoms. The molecule has 0 spiro atoms. The summed E-state index contributed by atoms with van der Waals surface area (Å²) < 4.78 is 0. The summed E-state index contributed by atoms with van der Waals surface area (Å²) in [5, 5.41) is 23.2. The molecule has 16 heavy (non-hydrogen) atoms. The molecule has 0 amide bonds. The summed E-state index contributed by atoms with van der Waals surface area (Å²) in [6, 6.07) is 0. The van der Waals surface area contributed by atoms with E-state index in [4.69, 9.17) is 15.3 Å². The van der Waals surface area contributed by atoms with E-state index < -0.39 is 17.9 Å². The fraction of sp³-hybridized carbons (Fsp3) is 0.667. The summed E-state index contributed by atoms with van der Waals surface area (Å²) in [5.74, 6) is -2.24. The van der Waals surface area contributed by atoms with Crippen LogP contribution in [0.2, 0.25) is 0 Å². The molecule has 0 aromatic rings. The minimum atomic E-state index is -0.745. The molecule has 6 nitrogen and oxygen atoms in total. The zero-order valence-corrected chi connectivity index (χ0v) is 11.6. The Morgan fingerprint density at radius 1 is 0.688 bits per heavy atom. The predicted octanol–water partition coefficient (Wildman–Crippen LogP) is 1.44. The second kappa shape index (κ2) is 19.8. The smallest absolute Gasteiger partial charge is 0.303 e. The molecule has 93 valence electrons. The van der Waals surface area contributed by atoms with E-state index in [1.807, 2.05) is 0 Å². The van der Waals surface area contributed by atoms with Gasteiger partial charge in [0.25, 0.3) is 0 Å². The van der Waals surface area contributed by atoms with Gasteiger partial charge in [0.2, 0.25) is 0 Å². The largest absolute Gasteiger partial charge is 0.481 e. The van der Waals surface area contributed by atoms with Crippen molar-refractivity contribution in [2.75, 3.05) is 0 Å². The van der Waals surface area contributed by atoms with Gasteiger partial charge in [0.1, 0.15) is 0 Å². The Morgan fingerprint density at radius 2 is 0.750 bits per heavy atom. The van der Waals surface area contributed by atoms with Crippen molar-refractivity contribution in [2.24, 2.45) is 0 Å². The van der Waals surface area contributed by atoms with Gasteiger partial charge >= 0.3 is 17.9 Å². The molecule has 0 rings (SSSR count). The Kier molecular flexibility index (Phi) is 30.3. The van der Waals surface area contributed by atoms with Gasteiger partial charge in [-0.25, -0.2) is 0 Å². The maximum absolute atomic E-state index is 9.37. The number of hydrogen-bond acceptors (Lipinski definition) is 3. The van der Waals surface area contributed by atoms with E-state index in [1.165, 1.54) is 0 Å². The fourth-order valence-electron chi connectivity index (χ4n) is 0. The van der Waals surface area contributed by atoms with Crippen molar-refractivity contribution in [3.8, 4) is 0 Å². The monoisotopic (exact) mass is 267 g/mol. The molecular formula is C9H18O6Sc. The van der Waals surface area contributed by atoms with Crippen LogP contribution >= 0.6 is 0 Å². The second-order valence-corrected chi connectivity index (χ2v) is 2.24. The summed E-state index contributed by atoms with van der Waals surface area (Å²) in [7, 11) is 0. The Balaban J connectivity index is -0.0000000655. The van der Waals surface area contributed by atoms with Crippen LogP contribution in [0.25, 0.3) is 0 Å². The van der Waals surface area contributed by atoms with Gasteiger partial charge in [-0.05, 0) is 0 Å². The molecule has 7 heteroatoms. The van der Waals surface area contributed by atoms with Crippen molar-refractivity contribution in [1.82, 2.24) is 0 Å². The molecule has 0 aromatic heterocycles. The number of rotatable bonds is 3. The standard InChI is InChI=1S/3C3H6O2.Sc/c3*1-2-3(4)5;/h3*2H2,1H3,(H,4,5);. The first-order valence-electron chi connectivity index (χ1n) is 4.47. The van der Waals surface area contributed by atoms with Crippen LogP contribution in [0.3, 0.4) is 0 Å². The maximum atomic E-state index is 9.37. The van der Waals surface area contributed by atoms with Gasteiger partial charge in [0.05, 0.1) is 0 Å². The fourth-order valence-corrected chi connectivity index (χ4v) is 0. The van der Waals surface area contributed by atoms with Crippen LogP contribution in [-0.4, -0.2) is 33.2 Å². The number of aliphatic carboxylic acids is 3. The van der Waals surface area contributed by atoms with Crippen LogP contribution in [-0.2, 0) is 40.2 Å². The molecule has 3 N–H and O–H groups in total. The molecule has 0 aliphatic carbocycles. The molecule has 0 saturated heterocycles. The van der Waals surface area contributed by atoms with Gasteiger partial charge in [0.15, 0.2) is 0 Å². The van der Waals surface area contributed by atoms with Crippen molar-refractivity contribution in [3.63, 3.8) is 0 Å². The van der Waals surface area contributed by atoms with E-state index in [-0.39, 0.29) is 45.1 Å². The van der Waals surface area contributed by atoms with Crippen molar-refractivity contribution >= 4 is 17.9 Å². The average Bonchev–Trinajstić information content (AvgIpc) is 2.19. The van der Waals surface area contributed by atoms with Gasteiger partial charge < -0.3 is 15.3 Å². The third kappa shape index (κ3) is 71.8. The summed E-state index contributed by atoms with van der Waals surface area (Å²) in [6.45, 7) is 4.80. The van der Waals surface area contributed by atoms with E-state index in [9.17, 15) is 14.4 Å². The van der Waals surface area contributed by atoms with Crippen LogP contribution in [0.5, 0.6) is 0 Å². The maximum Gasteiger partial charge on any atom is 0.303 e. The molecule has 0 aliphatic rings. The van der Waals surface area contributed by atoms with E-state index >= 15 is 0 Å². The van der Waals surface area contributed by atoms with Crippen molar-refractivity contribution in [3.05, 3.63) is 0 Å². The topological polar surface area (TPSA) is 112 Å².